The van der Waals surface area contributed by atoms with Crippen LogP contribution in [0.5, 0.6) is 11.5 Å². The summed E-state index contributed by atoms with van der Waals surface area (Å²) in [4.78, 5) is 23.0. The molecule has 27 heavy (non-hydrogen) atoms. The summed E-state index contributed by atoms with van der Waals surface area (Å²) in [6.07, 6.45) is -0.909. The number of hydrogen-bond acceptors (Lipinski definition) is 4. The topological polar surface area (TPSA) is 84.9 Å². The summed E-state index contributed by atoms with van der Waals surface area (Å²) in [7, 11) is 0. The van der Waals surface area contributed by atoms with Gasteiger partial charge in [0.25, 0.3) is 0 Å². The summed E-state index contributed by atoms with van der Waals surface area (Å²) in [6, 6.07) is 11.2. The Morgan fingerprint density at radius 2 is 1.89 bits per heavy atom. The Hall–Kier alpha value is -2.93. The molecule has 2 aromatic carbocycles. The Labute approximate surface area is 155 Å². The van der Waals surface area contributed by atoms with Crippen molar-refractivity contribution in [3.8, 4) is 11.5 Å². The highest BCUT2D eigenvalue weighted by molar-refractivity contribution is 5.82. The third-order valence-corrected chi connectivity index (χ3v) is 4.33. The molecule has 3 rings (SSSR count). The van der Waals surface area contributed by atoms with E-state index in [4.69, 9.17) is 14.6 Å². The van der Waals surface area contributed by atoms with E-state index >= 15 is 0 Å². The van der Waals surface area contributed by atoms with Gasteiger partial charge in [-0.05, 0) is 61.2 Å². The monoisotopic (exact) mass is 373 g/mol. The van der Waals surface area contributed by atoms with E-state index in [0.717, 1.165) is 11.1 Å². The first-order valence-corrected chi connectivity index (χ1v) is 8.61. The number of rotatable bonds is 6. The first-order chi connectivity index (χ1) is 12.9. The summed E-state index contributed by atoms with van der Waals surface area (Å²) in [5, 5.41) is 11.7. The number of carboxylic acid groups (broad SMARTS) is 1. The van der Waals surface area contributed by atoms with Crippen molar-refractivity contribution in [2.75, 3.05) is 0 Å². The molecular formula is C20H20FNO5. The van der Waals surface area contributed by atoms with Crippen LogP contribution in [0.4, 0.5) is 4.39 Å². The molecule has 0 unspecified atom stereocenters. The van der Waals surface area contributed by atoms with Gasteiger partial charge in [0, 0.05) is 6.54 Å². The lowest BCUT2D eigenvalue weighted by Crippen LogP contribution is -2.35. The van der Waals surface area contributed by atoms with Crippen molar-refractivity contribution in [2.45, 2.75) is 38.5 Å². The standard InChI is InChI=1S/C20H20FNO5/c1-12-10-13(2-7-16(12)26-15-5-3-14(21)4-6-15)11-22-19(23)17-8-9-18(27-17)20(24)25/h2-7,10,17-18H,8-9,11H2,1H3,(H,22,23)(H,24,25)/t17-,18+/m0/s1. The summed E-state index contributed by atoms with van der Waals surface area (Å²) < 4.78 is 23.9. The van der Waals surface area contributed by atoms with Crippen LogP contribution in [-0.4, -0.2) is 29.2 Å². The first kappa shape index (κ1) is 18.8. The molecule has 0 radical (unpaired) electrons. The quantitative estimate of drug-likeness (QED) is 0.812. The summed E-state index contributed by atoms with van der Waals surface area (Å²) in [5.74, 6) is -0.515. The number of aryl methyl sites for hydroxylation is 1. The SMILES string of the molecule is Cc1cc(CNC(=O)[C@@H]2CC[C@H](C(=O)O)O2)ccc1Oc1ccc(F)cc1. The molecular weight excluding hydrogens is 353 g/mol. The molecule has 0 saturated carbocycles. The van der Waals surface area contributed by atoms with Crippen LogP contribution in [0.25, 0.3) is 0 Å². The number of carboxylic acids is 1. The van der Waals surface area contributed by atoms with Crippen molar-refractivity contribution in [2.24, 2.45) is 0 Å². The molecule has 0 aromatic heterocycles. The van der Waals surface area contributed by atoms with Gasteiger partial charge in [-0.2, -0.15) is 0 Å². The second kappa shape index (κ2) is 8.18. The lowest BCUT2D eigenvalue weighted by Gasteiger charge is -2.13. The molecule has 2 N–H and O–H groups in total. The van der Waals surface area contributed by atoms with Crippen molar-refractivity contribution >= 4 is 11.9 Å². The molecule has 1 amide bonds. The van der Waals surface area contributed by atoms with Crippen LogP contribution >= 0.6 is 0 Å². The van der Waals surface area contributed by atoms with Gasteiger partial charge in [0.2, 0.25) is 5.91 Å². The number of halogens is 1. The number of ether oxygens (including phenoxy) is 2. The zero-order valence-electron chi connectivity index (χ0n) is 14.8. The fourth-order valence-corrected chi connectivity index (χ4v) is 2.88. The number of amides is 1. The third-order valence-electron chi connectivity index (χ3n) is 4.33. The highest BCUT2D eigenvalue weighted by atomic mass is 19.1. The fraction of sp³-hybridized carbons (Fsp3) is 0.300. The molecule has 1 fully saturated rings. The van der Waals surface area contributed by atoms with Gasteiger partial charge in [-0.3, -0.25) is 4.79 Å². The molecule has 1 aliphatic rings. The Morgan fingerprint density at radius 3 is 2.52 bits per heavy atom. The lowest BCUT2D eigenvalue weighted by molar-refractivity contribution is -0.151. The number of carbonyl (C=O) groups excluding carboxylic acids is 1. The number of benzene rings is 2. The number of hydrogen-bond donors (Lipinski definition) is 2. The van der Waals surface area contributed by atoms with Gasteiger partial charge in [-0.1, -0.05) is 12.1 Å². The minimum atomic E-state index is -1.04. The minimum absolute atomic E-state index is 0.300. The molecule has 1 heterocycles. The van der Waals surface area contributed by atoms with E-state index in [1.54, 1.807) is 18.2 Å². The zero-order valence-corrected chi connectivity index (χ0v) is 14.8. The highest BCUT2D eigenvalue weighted by Crippen LogP contribution is 2.26. The third kappa shape index (κ3) is 4.83. The number of aliphatic carboxylic acids is 1. The maximum Gasteiger partial charge on any atom is 0.332 e. The van der Waals surface area contributed by atoms with Crippen molar-refractivity contribution < 1.29 is 28.6 Å². The average Bonchev–Trinajstić information content (AvgIpc) is 3.14. The van der Waals surface area contributed by atoms with Crippen LogP contribution in [0.1, 0.15) is 24.0 Å². The normalized spacial score (nSPS) is 18.9. The van der Waals surface area contributed by atoms with Crippen LogP contribution in [-0.2, 0) is 20.9 Å². The number of carbonyl (C=O) groups is 2. The van der Waals surface area contributed by atoms with Crippen LogP contribution in [0.15, 0.2) is 42.5 Å². The van der Waals surface area contributed by atoms with Crippen LogP contribution in [0, 0.1) is 12.7 Å². The van der Waals surface area contributed by atoms with Crippen LogP contribution < -0.4 is 10.1 Å². The Balaban J connectivity index is 1.55. The zero-order chi connectivity index (χ0) is 19.4. The van der Waals surface area contributed by atoms with Gasteiger partial charge in [-0.25, -0.2) is 9.18 Å². The first-order valence-electron chi connectivity index (χ1n) is 8.61. The summed E-state index contributed by atoms with van der Waals surface area (Å²) in [5.41, 5.74) is 1.74. The molecule has 0 spiro atoms. The minimum Gasteiger partial charge on any atom is -0.479 e. The smallest absolute Gasteiger partial charge is 0.332 e. The van der Waals surface area contributed by atoms with Crippen LogP contribution in [0.3, 0.4) is 0 Å². The second-order valence-corrected chi connectivity index (χ2v) is 6.40. The maximum atomic E-state index is 13.0. The van der Waals surface area contributed by atoms with Gasteiger partial charge in [0.15, 0.2) is 6.10 Å². The van der Waals surface area contributed by atoms with E-state index < -0.39 is 18.2 Å². The van der Waals surface area contributed by atoms with E-state index in [1.807, 2.05) is 19.1 Å². The Kier molecular flexibility index (Phi) is 5.71. The number of nitrogens with one attached hydrogen (secondary N) is 1. The molecule has 1 aliphatic heterocycles. The molecule has 2 aromatic rings. The summed E-state index contributed by atoms with van der Waals surface area (Å²) in [6.45, 7) is 2.18. The predicted molar refractivity (Wildman–Crippen MR) is 95.0 cm³/mol. The predicted octanol–water partition coefficient (Wildman–Crippen LogP) is 3.17. The van der Waals surface area contributed by atoms with Crippen molar-refractivity contribution in [1.82, 2.24) is 5.32 Å². The lowest BCUT2D eigenvalue weighted by atomic mass is 10.1. The van der Waals surface area contributed by atoms with Gasteiger partial charge < -0.3 is 19.9 Å². The van der Waals surface area contributed by atoms with Crippen molar-refractivity contribution in [3.05, 3.63) is 59.4 Å². The molecule has 1 saturated heterocycles. The second-order valence-electron chi connectivity index (χ2n) is 6.40. The van der Waals surface area contributed by atoms with E-state index in [9.17, 15) is 14.0 Å². The largest absolute Gasteiger partial charge is 0.479 e. The molecule has 0 aliphatic carbocycles. The molecule has 6 nitrogen and oxygen atoms in total. The fourth-order valence-electron chi connectivity index (χ4n) is 2.88. The van der Waals surface area contributed by atoms with Gasteiger partial charge in [-0.15, -0.1) is 0 Å². The Morgan fingerprint density at radius 1 is 1.19 bits per heavy atom. The average molecular weight is 373 g/mol. The van der Waals surface area contributed by atoms with E-state index in [-0.39, 0.29) is 11.7 Å². The maximum absolute atomic E-state index is 13.0. The summed E-state index contributed by atoms with van der Waals surface area (Å²) >= 11 is 0. The highest BCUT2D eigenvalue weighted by Gasteiger charge is 2.34. The van der Waals surface area contributed by atoms with Crippen molar-refractivity contribution in [1.29, 1.82) is 0 Å². The van der Waals surface area contributed by atoms with E-state index in [1.165, 1.54) is 12.1 Å². The van der Waals surface area contributed by atoms with E-state index in [2.05, 4.69) is 5.32 Å². The molecule has 142 valence electrons. The van der Waals surface area contributed by atoms with Gasteiger partial charge in [0.05, 0.1) is 0 Å². The molecule has 7 heteroatoms. The molecule has 0 bridgehead atoms. The molecule has 2 atom stereocenters. The van der Waals surface area contributed by atoms with Gasteiger partial charge >= 0.3 is 5.97 Å². The van der Waals surface area contributed by atoms with Crippen molar-refractivity contribution in [3.63, 3.8) is 0 Å². The van der Waals surface area contributed by atoms with E-state index in [0.29, 0.717) is 30.9 Å². The van der Waals surface area contributed by atoms with Gasteiger partial charge in [0.1, 0.15) is 23.4 Å². The Bertz CT molecular complexity index is 837. The van der Waals surface area contributed by atoms with Crippen LogP contribution in [0.2, 0.25) is 0 Å².